The molecule has 0 fully saturated rings. The molecule has 2 nitrogen and oxygen atoms in total. The highest BCUT2D eigenvalue weighted by atomic mass is 32.1. The minimum absolute atomic E-state index is 0.849. The van der Waals surface area contributed by atoms with Gasteiger partial charge in [-0.3, -0.25) is 0 Å². The Morgan fingerprint density at radius 3 is 1.62 bits per heavy atom. The zero-order valence-corrected chi connectivity index (χ0v) is 10.6. The minimum Gasteiger partial charge on any atom is -0.491 e. The van der Waals surface area contributed by atoms with Crippen LogP contribution in [0.2, 0.25) is 0 Å². The lowest BCUT2D eigenvalue weighted by molar-refractivity contribution is 0.363. The number of thiophene rings is 2. The summed E-state index contributed by atoms with van der Waals surface area (Å²) in [7, 11) is 3.38. The van der Waals surface area contributed by atoms with Crippen molar-refractivity contribution in [2.45, 2.75) is 0 Å². The van der Waals surface area contributed by atoms with Crippen LogP contribution in [0.25, 0.3) is 20.2 Å². The molecular weight excluding hydrogens is 240 g/mol. The molecule has 0 N–H and O–H groups in total. The summed E-state index contributed by atoms with van der Waals surface area (Å²) in [5.74, 6) is 1.70. The van der Waals surface area contributed by atoms with E-state index in [0.29, 0.717) is 0 Å². The van der Waals surface area contributed by atoms with E-state index < -0.39 is 0 Å². The zero-order chi connectivity index (χ0) is 11.1. The van der Waals surface area contributed by atoms with Crippen molar-refractivity contribution in [2.24, 2.45) is 0 Å². The predicted octanol–water partition coefficient (Wildman–Crippen LogP) is 4.13. The quantitative estimate of drug-likeness (QED) is 0.680. The van der Waals surface area contributed by atoms with Gasteiger partial charge in [0.05, 0.1) is 23.6 Å². The summed E-state index contributed by atoms with van der Waals surface area (Å²) in [6.45, 7) is 0. The maximum atomic E-state index is 5.48. The van der Waals surface area contributed by atoms with E-state index in [4.69, 9.17) is 9.47 Å². The third-order valence-electron chi connectivity index (χ3n) is 2.65. The van der Waals surface area contributed by atoms with Gasteiger partial charge in [0.2, 0.25) is 0 Å². The van der Waals surface area contributed by atoms with Crippen LogP contribution < -0.4 is 9.47 Å². The number of fused-ring (bicyclic) bond motifs is 3. The number of benzene rings is 1. The molecule has 0 aliphatic rings. The van der Waals surface area contributed by atoms with Gasteiger partial charge in [-0.05, 0) is 22.9 Å². The Hall–Kier alpha value is -1.26. The fourth-order valence-corrected chi connectivity index (χ4v) is 3.83. The molecular formula is C12H10O2S2. The van der Waals surface area contributed by atoms with E-state index in [0.717, 1.165) is 20.9 Å². The molecule has 82 valence electrons. The van der Waals surface area contributed by atoms with Gasteiger partial charge in [-0.25, -0.2) is 0 Å². The Kier molecular flexibility index (Phi) is 2.26. The van der Waals surface area contributed by atoms with Crippen molar-refractivity contribution in [2.75, 3.05) is 14.2 Å². The van der Waals surface area contributed by atoms with Gasteiger partial charge in [-0.1, -0.05) is 0 Å². The van der Waals surface area contributed by atoms with Gasteiger partial charge in [0.25, 0.3) is 0 Å². The summed E-state index contributed by atoms with van der Waals surface area (Å²) in [5.41, 5.74) is 0. The molecule has 3 rings (SSSR count). The molecule has 0 aliphatic heterocycles. The number of hydrogen-bond donors (Lipinski definition) is 0. The largest absolute Gasteiger partial charge is 0.491 e. The van der Waals surface area contributed by atoms with E-state index in [1.807, 2.05) is 0 Å². The summed E-state index contributed by atoms with van der Waals surface area (Å²) in [4.78, 5) is 0. The Morgan fingerprint density at radius 2 is 1.25 bits per heavy atom. The number of rotatable bonds is 2. The SMILES string of the molecule is COc1c(OC)c2sccc2c2ccsc12. The van der Waals surface area contributed by atoms with Crippen molar-refractivity contribution < 1.29 is 9.47 Å². The fraction of sp³-hybridized carbons (Fsp3) is 0.167. The average Bonchev–Trinajstić information content (AvgIpc) is 2.93. The van der Waals surface area contributed by atoms with Gasteiger partial charge in [-0.2, -0.15) is 0 Å². The second-order valence-corrected chi connectivity index (χ2v) is 5.23. The smallest absolute Gasteiger partial charge is 0.180 e. The third-order valence-corrected chi connectivity index (χ3v) is 4.47. The molecule has 0 aliphatic carbocycles. The van der Waals surface area contributed by atoms with E-state index in [-0.39, 0.29) is 0 Å². The maximum absolute atomic E-state index is 5.48. The van der Waals surface area contributed by atoms with Crippen LogP contribution in [0.15, 0.2) is 22.9 Å². The Morgan fingerprint density at radius 1 is 0.812 bits per heavy atom. The molecule has 0 bridgehead atoms. The van der Waals surface area contributed by atoms with Crippen molar-refractivity contribution in [3.8, 4) is 11.5 Å². The lowest BCUT2D eigenvalue weighted by Crippen LogP contribution is -1.90. The van der Waals surface area contributed by atoms with Crippen LogP contribution >= 0.6 is 22.7 Å². The van der Waals surface area contributed by atoms with Crippen LogP contribution in [0.5, 0.6) is 11.5 Å². The lowest BCUT2D eigenvalue weighted by Gasteiger charge is -2.09. The first-order valence-electron chi connectivity index (χ1n) is 4.85. The summed E-state index contributed by atoms with van der Waals surface area (Å²) in [6, 6.07) is 4.27. The first-order chi connectivity index (χ1) is 7.86. The van der Waals surface area contributed by atoms with E-state index in [1.165, 1.54) is 10.8 Å². The molecule has 4 heteroatoms. The summed E-state index contributed by atoms with van der Waals surface area (Å²) >= 11 is 3.37. The van der Waals surface area contributed by atoms with Gasteiger partial charge < -0.3 is 9.47 Å². The molecule has 2 aromatic heterocycles. The summed E-state index contributed by atoms with van der Waals surface area (Å²) in [5, 5.41) is 6.67. The lowest BCUT2D eigenvalue weighted by atomic mass is 10.1. The second-order valence-electron chi connectivity index (χ2n) is 3.39. The molecule has 16 heavy (non-hydrogen) atoms. The van der Waals surface area contributed by atoms with Crippen LogP contribution in [0, 0.1) is 0 Å². The van der Waals surface area contributed by atoms with E-state index in [1.54, 1.807) is 36.9 Å². The van der Waals surface area contributed by atoms with Crippen molar-refractivity contribution in [3.05, 3.63) is 22.9 Å². The Labute approximate surface area is 101 Å². The van der Waals surface area contributed by atoms with E-state index in [2.05, 4.69) is 22.9 Å². The molecule has 0 saturated heterocycles. The van der Waals surface area contributed by atoms with Crippen LogP contribution in [0.1, 0.15) is 0 Å². The van der Waals surface area contributed by atoms with Crippen molar-refractivity contribution in [1.82, 2.24) is 0 Å². The van der Waals surface area contributed by atoms with Crippen molar-refractivity contribution >= 4 is 42.8 Å². The maximum Gasteiger partial charge on any atom is 0.180 e. The average molecular weight is 250 g/mol. The second kappa shape index (κ2) is 3.64. The molecule has 0 amide bonds. The predicted molar refractivity (Wildman–Crippen MR) is 70.3 cm³/mol. The van der Waals surface area contributed by atoms with Crippen LogP contribution in [0.4, 0.5) is 0 Å². The number of hydrogen-bond acceptors (Lipinski definition) is 4. The Balaban J connectivity index is 2.59. The normalized spacial score (nSPS) is 11.1. The van der Waals surface area contributed by atoms with Gasteiger partial charge in [0.1, 0.15) is 0 Å². The minimum atomic E-state index is 0.849. The number of methoxy groups -OCH3 is 2. The molecule has 0 saturated carbocycles. The highest BCUT2D eigenvalue weighted by Crippen LogP contribution is 2.47. The van der Waals surface area contributed by atoms with Crippen LogP contribution in [0.3, 0.4) is 0 Å². The zero-order valence-electron chi connectivity index (χ0n) is 8.94. The van der Waals surface area contributed by atoms with E-state index >= 15 is 0 Å². The standard InChI is InChI=1S/C12H10O2S2/c1-13-9-10(14-2)12-8(4-6-16-12)7-3-5-15-11(7)9/h3-6H,1-2H3. The third kappa shape index (κ3) is 1.17. The molecule has 3 aromatic rings. The van der Waals surface area contributed by atoms with Gasteiger partial charge in [-0.15, -0.1) is 22.7 Å². The topological polar surface area (TPSA) is 18.5 Å². The Bertz CT molecular complexity index is 594. The molecule has 0 unspecified atom stereocenters. The summed E-state index contributed by atoms with van der Waals surface area (Å²) < 4.78 is 13.3. The molecule has 0 atom stereocenters. The molecule has 1 aromatic carbocycles. The van der Waals surface area contributed by atoms with Crippen LogP contribution in [-0.2, 0) is 0 Å². The molecule has 0 spiro atoms. The van der Waals surface area contributed by atoms with Gasteiger partial charge >= 0.3 is 0 Å². The monoisotopic (exact) mass is 250 g/mol. The van der Waals surface area contributed by atoms with Gasteiger partial charge in [0.15, 0.2) is 11.5 Å². The van der Waals surface area contributed by atoms with Crippen molar-refractivity contribution in [1.29, 1.82) is 0 Å². The first-order valence-corrected chi connectivity index (χ1v) is 6.61. The molecule has 2 heterocycles. The van der Waals surface area contributed by atoms with E-state index in [9.17, 15) is 0 Å². The first kappa shape index (κ1) is 9.93. The highest BCUT2D eigenvalue weighted by molar-refractivity contribution is 7.19. The highest BCUT2D eigenvalue weighted by Gasteiger charge is 2.17. The van der Waals surface area contributed by atoms with Crippen molar-refractivity contribution in [3.63, 3.8) is 0 Å². The van der Waals surface area contributed by atoms with Gasteiger partial charge in [0, 0.05) is 10.8 Å². The van der Waals surface area contributed by atoms with Crippen LogP contribution in [-0.4, -0.2) is 14.2 Å². The number of ether oxygens (including phenoxy) is 2. The molecule has 0 radical (unpaired) electrons. The summed E-state index contributed by atoms with van der Waals surface area (Å²) in [6.07, 6.45) is 0. The fourth-order valence-electron chi connectivity index (χ4n) is 1.97.